The maximum absolute atomic E-state index is 10.6. The molecule has 25 heavy (non-hydrogen) atoms. The van der Waals surface area contributed by atoms with E-state index >= 15 is 0 Å². The molecule has 8 heteroatoms. The molecule has 0 aliphatic heterocycles. The Hall–Kier alpha value is -2.35. The topological polar surface area (TPSA) is 92.3 Å². The van der Waals surface area contributed by atoms with E-state index in [1.807, 2.05) is 37.1 Å². The van der Waals surface area contributed by atoms with Crippen molar-refractivity contribution >= 4 is 5.96 Å². The van der Waals surface area contributed by atoms with E-state index in [-0.39, 0.29) is 6.54 Å². The van der Waals surface area contributed by atoms with E-state index in [1.54, 1.807) is 24.0 Å². The zero-order valence-corrected chi connectivity index (χ0v) is 15.5. The van der Waals surface area contributed by atoms with Crippen molar-refractivity contribution in [3.05, 3.63) is 36.4 Å². The van der Waals surface area contributed by atoms with Gasteiger partial charge in [-0.25, -0.2) is 4.99 Å². The second kappa shape index (κ2) is 8.66. The summed E-state index contributed by atoms with van der Waals surface area (Å²) in [5.74, 6) is 1.08. The van der Waals surface area contributed by atoms with Crippen LogP contribution in [0.4, 0.5) is 0 Å². The van der Waals surface area contributed by atoms with Crippen molar-refractivity contribution in [3.8, 4) is 0 Å². The van der Waals surface area contributed by atoms with Crippen LogP contribution >= 0.6 is 0 Å². The number of hydrogen-bond donors (Lipinski definition) is 3. The van der Waals surface area contributed by atoms with E-state index in [0.717, 1.165) is 25.2 Å². The maximum atomic E-state index is 10.6. The molecule has 8 nitrogen and oxygen atoms in total. The van der Waals surface area contributed by atoms with Gasteiger partial charge in [-0.05, 0) is 25.8 Å². The van der Waals surface area contributed by atoms with Crippen molar-refractivity contribution in [1.82, 2.24) is 30.2 Å². The fraction of sp³-hybridized carbons (Fsp3) is 0.588. The summed E-state index contributed by atoms with van der Waals surface area (Å²) >= 11 is 0. The van der Waals surface area contributed by atoms with Crippen LogP contribution in [0, 0.1) is 5.92 Å². The van der Waals surface area contributed by atoms with Gasteiger partial charge >= 0.3 is 0 Å². The van der Waals surface area contributed by atoms with Crippen LogP contribution in [-0.2, 0) is 19.2 Å². The van der Waals surface area contributed by atoms with Gasteiger partial charge in [-0.2, -0.15) is 10.2 Å². The lowest BCUT2D eigenvalue weighted by Gasteiger charge is -2.21. The molecule has 0 aliphatic carbocycles. The van der Waals surface area contributed by atoms with E-state index in [0.29, 0.717) is 11.9 Å². The van der Waals surface area contributed by atoms with Gasteiger partial charge in [-0.3, -0.25) is 9.36 Å². The molecular formula is C17H29N7O. The first-order chi connectivity index (χ1) is 11.9. The molecule has 3 N–H and O–H groups in total. The molecule has 2 aromatic heterocycles. The van der Waals surface area contributed by atoms with Gasteiger partial charge in [-0.1, -0.05) is 6.92 Å². The third-order valence-corrected chi connectivity index (χ3v) is 3.89. The zero-order chi connectivity index (χ0) is 18.3. The highest BCUT2D eigenvalue weighted by atomic mass is 16.3. The Balaban J connectivity index is 1.91. The molecular weight excluding hydrogens is 318 g/mol. The second-order valence-electron chi connectivity index (χ2n) is 6.59. The van der Waals surface area contributed by atoms with Crippen LogP contribution in [0.2, 0.25) is 0 Å². The summed E-state index contributed by atoms with van der Waals surface area (Å²) in [6, 6.07) is 1.92. The summed E-state index contributed by atoms with van der Waals surface area (Å²) in [6.45, 7) is 8.54. The lowest BCUT2D eigenvalue weighted by Crippen LogP contribution is -2.41. The standard InChI is InChI=1S/C17H29N7O/c1-5-18-16(19-9-14(2)11-24-8-6-7-21-24)20-13-17(3,25)15-10-22-23(4)12-15/h6-8,10,12,14,25H,5,9,11,13H2,1-4H3,(H2,18,19,20). The number of rotatable bonds is 8. The lowest BCUT2D eigenvalue weighted by atomic mass is 10.0. The quantitative estimate of drug-likeness (QED) is 0.483. The molecule has 0 saturated heterocycles. The van der Waals surface area contributed by atoms with Gasteiger partial charge in [0, 0.05) is 50.8 Å². The van der Waals surface area contributed by atoms with Crippen LogP contribution in [0.1, 0.15) is 26.3 Å². The minimum absolute atomic E-state index is 0.252. The Morgan fingerprint density at radius 2 is 2.20 bits per heavy atom. The molecule has 0 fully saturated rings. The molecule has 0 aliphatic rings. The average molecular weight is 347 g/mol. The van der Waals surface area contributed by atoms with Crippen LogP contribution < -0.4 is 10.6 Å². The number of nitrogens with one attached hydrogen (secondary N) is 2. The molecule has 0 bridgehead atoms. The largest absolute Gasteiger partial charge is 0.383 e. The minimum Gasteiger partial charge on any atom is -0.383 e. The van der Waals surface area contributed by atoms with Crippen LogP contribution in [0.5, 0.6) is 0 Å². The fourth-order valence-electron chi connectivity index (χ4n) is 2.43. The number of aromatic nitrogens is 4. The van der Waals surface area contributed by atoms with Crippen molar-refractivity contribution in [2.45, 2.75) is 32.9 Å². The first-order valence-corrected chi connectivity index (χ1v) is 8.62. The summed E-state index contributed by atoms with van der Waals surface area (Å²) in [5.41, 5.74) is -0.307. The SMILES string of the molecule is CCNC(=NCC(C)(O)c1cnn(C)c1)NCC(C)Cn1cccn1. The molecule has 0 radical (unpaired) electrons. The van der Waals surface area contributed by atoms with Gasteiger partial charge in [0.2, 0.25) is 0 Å². The second-order valence-corrected chi connectivity index (χ2v) is 6.59. The molecule has 0 aromatic carbocycles. The van der Waals surface area contributed by atoms with E-state index in [1.165, 1.54) is 0 Å². The smallest absolute Gasteiger partial charge is 0.191 e. The number of hydrogen-bond acceptors (Lipinski definition) is 4. The summed E-state index contributed by atoms with van der Waals surface area (Å²) in [5, 5.41) is 25.5. The van der Waals surface area contributed by atoms with E-state index in [9.17, 15) is 5.11 Å². The van der Waals surface area contributed by atoms with Crippen LogP contribution in [-0.4, -0.2) is 50.3 Å². The first kappa shape index (κ1) is 19.0. The molecule has 0 amide bonds. The van der Waals surface area contributed by atoms with Crippen molar-refractivity contribution < 1.29 is 5.11 Å². The predicted octanol–water partition coefficient (Wildman–Crippen LogP) is 0.716. The van der Waals surface area contributed by atoms with Gasteiger partial charge in [0.05, 0.1) is 12.7 Å². The zero-order valence-electron chi connectivity index (χ0n) is 15.5. The molecule has 0 saturated carbocycles. The van der Waals surface area contributed by atoms with Crippen molar-refractivity contribution in [2.75, 3.05) is 19.6 Å². The molecule has 2 rings (SSSR count). The number of aryl methyl sites for hydroxylation is 1. The van der Waals surface area contributed by atoms with Gasteiger partial charge in [0.25, 0.3) is 0 Å². The number of aliphatic hydroxyl groups is 1. The average Bonchev–Trinajstić information content (AvgIpc) is 3.22. The number of nitrogens with zero attached hydrogens (tertiary/aromatic N) is 5. The highest BCUT2D eigenvalue weighted by Gasteiger charge is 2.24. The summed E-state index contributed by atoms with van der Waals surface area (Å²) < 4.78 is 3.59. The Morgan fingerprint density at radius 1 is 1.40 bits per heavy atom. The van der Waals surface area contributed by atoms with E-state index < -0.39 is 5.60 Å². The Morgan fingerprint density at radius 3 is 2.80 bits per heavy atom. The molecule has 0 spiro atoms. The molecule has 2 heterocycles. The summed E-state index contributed by atoms with van der Waals surface area (Å²) in [6.07, 6.45) is 7.22. The van der Waals surface area contributed by atoms with E-state index in [2.05, 4.69) is 32.7 Å². The van der Waals surface area contributed by atoms with Crippen molar-refractivity contribution in [1.29, 1.82) is 0 Å². The molecule has 138 valence electrons. The highest BCUT2D eigenvalue weighted by Crippen LogP contribution is 2.19. The Labute approximate surface area is 149 Å². The third-order valence-electron chi connectivity index (χ3n) is 3.89. The summed E-state index contributed by atoms with van der Waals surface area (Å²) in [7, 11) is 1.83. The van der Waals surface area contributed by atoms with Gasteiger partial charge in [0.1, 0.15) is 5.60 Å². The highest BCUT2D eigenvalue weighted by molar-refractivity contribution is 5.79. The molecule has 2 atom stereocenters. The van der Waals surface area contributed by atoms with Gasteiger partial charge in [0.15, 0.2) is 5.96 Å². The molecule has 2 unspecified atom stereocenters. The normalized spacial score (nSPS) is 15.6. The van der Waals surface area contributed by atoms with E-state index in [4.69, 9.17) is 0 Å². The fourth-order valence-corrected chi connectivity index (χ4v) is 2.43. The maximum Gasteiger partial charge on any atom is 0.191 e. The van der Waals surface area contributed by atoms with Crippen LogP contribution in [0.3, 0.4) is 0 Å². The van der Waals surface area contributed by atoms with Crippen molar-refractivity contribution in [3.63, 3.8) is 0 Å². The first-order valence-electron chi connectivity index (χ1n) is 8.62. The predicted molar refractivity (Wildman–Crippen MR) is 98.2 cm³/mol. The number of aliphatic imine (C=N–C) groups is 1. The van der Waals surface area contributed by atoms with Crippen LogP contribution in [0.25, 0.3) is 0 Å². The molecule has 2 aromatic rings. The lowest BCUT2D eigenvalue weighted by molar-refractivity contribution is 0.0671. The summed E-state index contributed by atoms with van der Waals surface area (Å²) in [4.78, 5) is 4.52. The monoisotopic (exact) mass is 347 g/mol. The third kappa shape index (κ3) is 5.90. The Kier molecular flexibility index (Phi) is 6.58. The van der Waals surface area contributed by atoms with Crippen LogP contribution in [0.15, 0.2) is 35.8 Å². The van der Waals surface area contributed by atoms with Crippen molar-refractivity contribution in [2.24, 2.45) is 18.0 Å². The Bertz CT molecular complexity index is 660. The van der Waals surface area contributed by atoms with Gasteiger partial charge in [-0.15, -0.1) is 0 Å². The minimum atomic E-state index is -1.06. The number of guanidine groups is 1. The van der Waals surface area contributed by atoms with Gasteiger partial charge < -0.3 is 15.7 Å².